The van der Waals surface area contributed by atoms with Gasteiger partial charge in [-0.15, -0.1) is 0 Å². The van der Waals surface area contributed by atoms with E-state index in [-0.39, 0.29) is 5.82 Å². The van der Waals surface area contributed by atoms with Crippen molar-refractivity contribution in [3.05, 3.63) is 35.6 Å². The van der Waals surface area contributed by atoms with Crippen molar-refractivity contribution in [3.8, 4) is 0 Å². The van der Waals surface area contributed by atoms with Crippen LogP contribution in [-0.4, -0.2) is 44.2 Å². The Morgan fingerprint density at radius 3 is 3.06 bits per heavy atom. The van der Waals surface area contributed by atoms with Crippen molar-refractivity contribution in [2.75, 3.05) is 33.2 Å². The lowest BCUT2D eigenvalue weighted by atomic mass is 10.1. The lowest BCUT2D eigenvalue weighted by Crippen LogP contribution is -2.50. The molecule has 100 valence electrons. The lowest BCUT2D eigenvalue weighted by Gasteiger charge is -2.33. The molecular weight excluding hydrogens is 229 g/mol. The Kier molecular flexibility index (Phi) is 5.11. The van der Waals surface area contributed by atoms with Crippen molar-refractivity contribution < 1.29 is 4.39 Å². The molecule has 1 aromatic carbocycles. The molecule has 0 aromatic heterocycles. The number of rotatable bonds is 5. The highest BCUT2D eigenvalue weighted by Gasteiger charge is 2.17. The molecule has 2 N–H and O–H groups in total. The van der Waals surface area contributed by atoms with Crippen molar-refractivity contribution in [2.24, 2.45) is 0 Å². The first-order valence-corrected chi connectivity index (χ1v) is 6.62. The van der Waals surface area contributed by atoms with Crippen LogP contribution in [0.5, 0.6) is 0 Å². The minimum Gasteiger partial charge on any atom is -0.314 e. The minimum absolute atomic E-state index is 0.124. The summed E-state index contributed by atoms with van der Waals surface area (Å²) in [5.74, 6) is -0.124. The van der Waals surface area contributed by atoms with E-state index in [2.05, 4.69) is 22.6 Å². The van der Waals surface area contributed by atoms with Crippen molar-refractivity contribution in [3.63, 3.8) is 0 Å². The first-order valence-electron chi connectivity index (χ1n) is 6.62. The number of hydrogen-bond acceptors (Lipinski definition) is 3. The summed E-state index contributed by atoms with van der Waals surface area (Å²) in [6.45, 7) is 4.77. The molecule has 0 bridgehead atoms. The van der Waals surface area contributed by atoms with Crippen molar-refractivity contribution >= 4 is 0 Å². The maximum absolute atomic E-state index is 13.4. The van der Waals surface area contributed by atoms with Crippen LogP contribution in [0.3, 0.4) is 0 Å². The van der Waals surface area contributed by atoms with E-state index in [1.807, 2.05) is 12.1 Å². The van der Waals surface area contributed by atoms with Gasteiger partial charge in [0.05, 0.1) is 0 Å². The molecule has 1 saturated heterocycles. The number of hydrogen-bond donors (Lipinski definition) is 2. The molecule has 2 rings (SSSR count). The smallest absolute Gasteiger partial charge is 0.127 e. The van der Waals surface area contributed by atoms with Crippen molar-refractivity contribution in [1.82, 2.24) is 15.5 Å². The first-order chi connectivity index (χ1) is 8.77. The van der Waals surface area contributed by atoms with Gasteiger partial charge >= 0.3 is 0 Å². The highest BCUT2D eigenvalue weighted by Crippen LogP contribution is 2.06. The number of nitrogens with one attached hydrogen (secondary N) is 2. The number of nitrogens with zero attached hydrogens (tertiary/aromatic N) is 1. The second kappa shape index (κ2) is 6.83. The monoisotopic (exact) mass is 251 g/mol. The van der Waals surface area contributed by atoms with Crippen LogP contribution in [0.2, 0.25) is 0 Å². The van der Waals surface area contributed by atoms with E-state index in [9.17, 15) is 4.39 Å². The van der Waals surface area contributed by atoms with E-state index >= 15 is 0 Å². The first kappa shape index (κ1) is 13.5. The van der Waals surface area contributed by atoms with E-state index in [1.165, 1.54) is 6.07 Å². The maximum Gasteiger partial charge on any atom is 0.127 e. The number of likely N-dealkylation sites (N-methyl/N-ethyl adjacent to an activating group) is 1. The fraction of sp³-hybridized carbons (Fsp3) is 0.571. The standard InChI is InChI=1S/C14H22FN3/c1-18-9-8-17-11-13(18)6-7-16-10-12-4-2-3-5-14(12)15/h2-5,13,16-17H,6-11H2,1H3. The van der Waals surface area contributed by atoms with Gasteiger partial charge in [-0.3, -0.25) is 0 Å². The summed E-state index contributed by atoms with van der Waals surface area (Å²) in [6, 6.07) is 7.53. The zero-order valence-corrected chi connectivity index (χ0v) is 11.0. The number of halogens is 1. The Balaban J connectivity index is 1.68. The Bertz CT molecular complexity index is 370. The molecule has 3 nitrogen and oxygen atoms in total. The average Bonchev–Trinajstić information content (AvgIpc) is 2.38. The Morgan fingerprint density at radius 1 is 1.44 bits per heavy atom. The summed E-state index contributed by atoms with van der Waals surface area (Å²) in [5.41, 5.74) is 0.743. The van der Waals surface area contributed by atoms with Crippen LogP contribution in [0, 0.1) is 5.82 Å². The highest BCUT2D eigenvalue weighted by atomic mass is 19.1. The Labute approximate surface area is 108 Å². The quantitative estimate of drug-likeness (QED) is 0.770. The van der Waals surface area contributed by atoms with E-state index in [4.69, 9.17) is 0 Å². The van der Waals surface area contributed by atoms with Crippen molar-refractivity contribution in [2.45, 2.75) is 19.0 Å². The van der Waals surface area contributed by atoms with Crippen molar-refractivity contribution in [1.29, 1.82) is 0 Å². The van der Waals surface area contributed by atoms with Gasteiger partial charge in [-0.2, -0.15) is 0 Å². The minimum atomic E-state index is -0.124. The summed E-state index contributed by atoms with van der Waals surface area (Å²) in [6.07, 6.45) is 1.10. The molecule has 1 atom stereocenters. The molecule has 1 fully saturated rings. The zero-order chi connectivity index (χ0) is 12.8. The predicted molar refractivity (Wildman–Crippen MR) is 72.0 cm³/mol. The van der Waals surface area contributed by atoms with E-state index in [0.717, 1.165) is 38.2 Å². The number of benzene rings is 1. The van der Waals surface area contributed by atoms with Crippen LogP contribution in [0.15, 0.2) is 24.3 Å². The summed E-state index contributed by atoms with van der Waals surface area (Å²) in [7, 11) is 2.17. The molecule has 0 aliphatic carbocycles. The highest BCUT2D eigenvalue weighted by molar-refractivity contribution is 5.16. The molecule has 1 unspecified atom stereocenters. The van der Waals surface area contributed by atoms with Gasteiger partial charge in [0, 0.05) is 37.8 Å². The van der Waals surface area contributed by atoms with Gasteiger partial charge < -0.3 is 15.5 Å². The van der Waals surface area contributed by atoms with Gasteiger partial charge in [0.2, 0.25) is 0 Å². The Morgan fingerprint density at radius 2 is 2.28 bits per heavy atom. The van der Waals surface area contributed by atoms with Gasteiger partial charge in [0.1, 0.15) is 5.82 Å². The summed E-state index contributed by atoms with van der Waals surface area (Å²) >= 11 is 0. The summed E-state index contributed by atoms with van der Waals surface area (Å²) in [4.78, 5) is 2.39. The molecule has 1 aliphatic rings. The third-order valence-corrected chi connectivity index (χ3v) is 3.57. The van der Waals surface area contributed by atoms with Crippen LogP contribution >= 0.6 is 0 Å². The number of piperazine rings is 1. The third-order valence-electron chi connectivity index (χ3n) is 3.57. The molecule has 1 aliphatic heterocycles. The molecule has 0 spiro atoms. The van der Waals surface area contributed by atoms with Gasteiger partial charge in [0.25, 0.3) is 0 Å². The van der Waals surface area contributed by atoms with E-state index in [1.54, 1.807) is 6.07 Å². The van der Waals surface area contributed by atoms with Crippen LogP contribution in [0.1, 0.15) is 12.0 Å². The second-order valence-corrected chi connectivity index (χ2v) is 4.90. The molecule has 18 heavy (non-hydrogen) atoms. The fourth-order valence-corrected chi connectivity index (χ4v) is 2.32. The van der Waals surface area contributed by atoms with Gasteiger partial charge in [-0.1, -0.05) is 18.2 Å². The van der Waals surface area contributed by atoms with Crippen LogP contribution < -0.4 is 10.6 Å². The van der Waals surface area contributed by atoms with Gasteiger partial charge in [0.15, 0.2) is 0 Å². The lowest BCUT2D eigenvalue weighted by molar-refractivity contribution is 0.189. The van der Waals surface area contributed by atoms with E-state index < -0.39 is 0 Å². The molecular formula is C14H22FN3. The molecule has 4 heteroatoms. The van der Waals surface area contributed by atoms with Gasteiger partial charge in [-0.25, -0.2) is 4.39 Å². The normalized spacial score (nSPS) is 21.1. The summed E-state index contributed by atoms with van der Waals surface area (Å²) in [5, 5.41) is 6.72. The predicted octanol–water partition coefficient (Wildman–Crippen LogP) is 1.21. The Hall–Kier alpha value is -0.970. The third kappa shape index (κ3) is 3.77. The van der Waals surface area contributed by atoms with Crippen LogP contribution in [0.4, 0.5) is 4.39 Å². The van der Waals surface area contributed by atoms with Crippen LogP contribution in [-0.2, 0) is 6.54 Å². The second-order valence-electron chi connectivity index (χ2n) is 4.90. The molecule has 1 aromatic rings. The van der Waals surface area contributed by atoms with Gasteiger partial charge in [-0.05, 0) is 26.1 Å². The SMILES string of the molecule is CN1CCNCC1CCNCc1ccccc1F. The average molecular weight is 251 g/mol. The fourth-order valence-electron chi connectivity index (χ4n) is 2.32. The molecule has 0 amide bonds. The van der Waals surface area contributed by atoms with E-state index in [0.29, 0.717) is 12.6 Å². The maximum atomic E-state index is 13.4. The topological polar surface area (TPSA) is 27.3 Å². The molecule has 0 saturated carbocycles. The largest absolute Gasteiger partial charge is 0.314 e. The van der Waals surface area contributed by atoms with Crippen LogP contribution in [0.25, 0.3) is 0 Å². The molecule has 1 heterocycles. The zero-order valence-electron chi connectivity index (χ0n) is 11.0. The molecule has 0 radical (unpaired) electrons. The summed E-state index contributed by atoms with van der Waals surface area (Å²) < 4.78 is 13.4.